The number of rotatable bonds is 3. The maximum absolute atomic E-state index is 11.8. The van der Waals surface area contributed by atoms with Gasteiger partial charge < -0.3 is 4.98 Å². The van der Waals surface area contributed by atoms with Gasteiger partial charge in [-0.05, 0) is 34.5 Å². The van der Waals surface area contributed by atoms with E-state index in [-0.39, 0.29) is 10.8 Å². The van der Waals surface area contributed by atoms with Crippen molar-refractivity contribution < 1.29 is 8.42 Å². The Hall–Kier alpha value is -1.41. The number of hydrogen-bond donors (Lipinski definition) is 2. The summed E-state index contributed by atoms with van der Waals surface area (Å²) in [7, 11) is -3.65. The van der Waals surface area contributed by atoms with Crippen molar-refractivity contribution in [2.75, 3.05) is 4.72 Å². The lowest BCUT2D eigenvalue weighted by Gasteiger charge is -2.06. The van der Waals surface area contributed by atoms with E-state index in [1.54, 1.807) is 12.3 Å². The molecule has 0 saturated heterocycles. The molecule has 0 bridgehead atoms. The van der Waals surface area contributed by atoms with Gasteiger partial charge in [-0.1, -0.05) is 0 Å². The number of anilines is 1. The zero-order chi connectivity index (χ0) is 12.5. The van der Waals surface area contributed by atoms with Crippen LogP contribution >= 0.6 is 15.9 Å². The average Bonchev–Trinajstić information content (AvgIpc) is 2.77. The summed E-state index contributed by atoms with van der Waals surface area (Å²) in [6.07, 6.45) is 4.07. The van der Waals surface area contributed by atoms with Crippen LogP contribution in [0.25, 0.3) is 0 Å². The smallest absolute Gasteiger partial charge is 0.280 e. The highest BCUT2D eigenvalue weighted by atomic mass is 79.9. The Bertz CT molecular complexity index is 624. The third-order valence-corrected chi connectivity index (χ3v) is 4.16. The molecular formula is C9H9BrN4O2S. The van der Waals surface area contributed by atoms with Crippen molar-refractivity contribution in [3.63, 3.8) is 0 Å². The van der Waals surface area contributed by atoms with Gasteiger partial charge in [0, 0.05) is 10.7 Å². The van der Waals surface area contributed by atoms with E-state index in [2.05, 4.69) is 35.6 Å². The van der Waals surface area contributed by atoms with Gasteiger partial charge in [-0.15, -0.1) is 0 Å². The normalized spacial score (nSPS) is 11.4. The molecule has 2 rings (SSSR count). The lowest BCUT2D eigenvalue weighted by molar-refractivity contribution is 0.598. The molecule has 2 N–H and O–H groups in total. The third-order valence-electron chi connectivity index (χ3n) is 2.05. The number of H-pyrrole nitrogens is 1. The maximum Gasteiger partial charge on any atom is 0.280 e. The zero-order valence-corrected chi connectivity index (χ0v) is 11.2. The number of pyridine rings is 1. The van der Waals surface area contributed by atoms with E-state index in [0.717, 1.165) is 10.0 Å². The number of aromatic nitrogens is 3. The number of nitrogens with one attached hydrogen (secondary N) is 2. The fourth-order valence-electron chi connectivity index (χ4n) is 1.18. The second-order valence-electron chi connectivity index (χ2n) is 3.34. The molecule has 8 heteroatoms. The van der Waals surface area contributed by atoms with Crippen LogP contribution in [-0.2, 0) is 10.0 Å². The van der Waals surface area contributed by atoms with Crippen LogP contribution in [0, 0.1) is 6.92 Å². The van der Waals surface area contributed by atoms with E-state index >= 15 is 0 Å². The van der Waals surface area contributed by atoms with Crippen LogP contribution in [0.5, 0.6) is 0 Å². The zero-order valence-electron chi connectivity index (χ0n) is 8.81. The van der Waals surface area contributed by atoms with E-state index in [4.69, 9.17) is 0 Å². The minimum absolute atomic E-state index is 0.000119. The van der Waals surface area contributed by atoms with Crippen LogP contribution in [0.2, 0.25) is 0 Å². The van der Waals surface area contributed by atoms with Crippen molar-refractivity contribution in [3.05, 3.63) is 34.8 Å². The molecule has 6 nitrogen and oxygen atoms in total. The number of halogens is 1. The molecule has 2 heterocycles. The number of aryl methyl sites for hydroxylation is 1. The van der Waals surface area contributed by atoms with Crippen molar-refractivity contribution in [2.24, 2.45) is 0 Å². The molecule has 0 aromatic carbocycles. The topological polar surface area (TPSA) is 87.7 Å². The van der Waals surface area contributed by atoms with E-state index in [0.29, 0.717) is 0 Å². The summed E-state index contributed by atoms with van der Waals surface area (Å²) < 4.78 is 26.8. The van der Waals surface area contributed by atoms with Gasteiger partial charge in [-0.25, -0.2) is 9.97 Å². The molecule has 0 fully saturated rings. The highest BCUT2D eigenvalue weighted by Gasteiger charge is 2.16. The minimum Gasteiger partial charge on any atom is -0.334 e. The van der Waals surface area contributed by atoms with Crippen molar-refractivity contribution in [3.8, 4) is 0 Å². The second kappa shape index (κ2) is 4.46. The number of imidazole rings is 1. The van der Waals surface area contributed by atoms with Gasteiger partial charge in [0.15, 0.2) is 5.03 Å². The van der Waals surface area contributed by atoms with Crippen LogP contribution in [0.1, 0.15) is 5.56 Å². The Balaban J connectivity index is 2.30. The summed E-state index contributed by atoms with van der Waals surface area (Å²) in [5.41, 5.74) is 0.891. The van der Waals surface area contributed by atoms with Gasteiger partial charge in [0.05, 0.1) is 12.5 Å². The van der Waals surface area contributed by atoms with Gasteiger partial charge >= 0.3 is 0 Å². The number of nitrogens with zero attached hydrogens (tertiary/aromatic N) is 2. The van der Waals surface area contributed by atoms with Crippen LogP contribution < -0.4 is 4.72 Å². The Labute approximate surface area is 107 Å². The number of sulfonamides is 1. The van der Waals surface area contributed by atoms with Gasteiger partial charge in [0.1, 0.15) is 5.82 Å². The molecule has 0 unspecified atom stereocenters. The highest BCUT2D eigenvalue weighted by molar-refractivity contribution is 9.10. The van der Waals surface area contributed by atoms with Gasteiger partial charge in [0.2, 0.25) is 0 Å². The molecule has 0 aliphatic carbocycles. The first kappa shape index (κ1) is 12.1. The molecule has 0 aliphatic rings. The van der Waals surface area contributed by atoms with E-state index in [9.17, 15) is 8.42 Å². The fourth-order valence-corrected chi connectivity index (χ4v) is 2.30. The summed E-state index contributed by atoms with van der Waals surface area (Å²) in [5.74, 6) is 0.264. The Morgan fingerprint density at radius 2 is 2.18 bits per heavy atom. The van der Waals surface area contributed by atoms with E-state index in [1.807, 2.05) is 6.92 Å². The summed E-state index contributed by atoms with van der Waals surface area (Å²) in [4.78, 5) is 10.1. The van der Waals surface area contributed by atoms with Crippen molar-refractivity contribution in [2.45, 2.75) is 11.9 Å². The maximum atomic E-state index is 11.8. The predicted molar refractivity (Wildman–Crippen MR) is 66.1 cm³/mol. The van der Waals surface area contributed by atoms with Crippen molar-refractivity contribution in [1.82, 2.24) is 15.0 Å². The van der Waals surface area contributed by atoms with Crippen LogP contribution in [0.3, 0.4) is 0 Å². The fraction of sp³-hybridized carbons (Fsp3) is 0.111. The van der Waals surface area contributed by atoms with Crippen LogP contribution in [0.15, 0.2) is 34.3 Å². The van der Waals surface area contributed by atoms with Gasteiger partial charge in [-0.2, -0.15) is 8.42 Å². The molecule has 0 radical (unpaired) electrons. The molecule has 2 aromatic heterocycles. The molecule has 0 saturated carbocycles. The summed E-state index contributed by atoms with van der Waals surface area (Å²) in [6, 6.07) is 1.64. The largest absolute Gasteiger partial charge is 0.334 e. The van der Waals surface area contributed by atoms with Gasteiger partial charge in [-0.3, -0.25) is 4.72 Å². The van der Waals surface area contributed by atoms with E-state index in [1.165, 1.54) is 12.5 Å². The summed E-state index contributed by atoms with van der Waals surface area (Å²) >= 11 is 3.29. The predicted octanol–water partition coefficient (Wildman–Crippen LogP) is 1.68. The Kier molecular flexibility index (Phi) is 3.16. The Morgan fingerprint density at radius 3 is 2.76 bits per heavy atom. The third kappa shape index (κ3) is 2.64. The SMILES string of the molecule is Cc1cc(NS(=O)(=O)c2cnc[nH]2)ncc1Br. The summed E-state index contributed by atoms with van der Waals surface area (Å²) in [5, 5.41) is -0.000119. The Morgan fingerprint density at radius 1 is 1.41 bits per heavy atom. The van der Waals surface area contributed by atoms with E-state index < -0.39 is 10.0 Å². The van der Waals surface area contributed by atoms with Gasteiger partial charge in [0.25, 0.3) is 10.0 Å². The first-order chi connectivity index (χ1) is 7.99. The molecule has 2 aromatic rings. The molecule has 0 spiro atoms. The molecule has 0 aliphatic heterocycles. The molecule has 90 valence electrons. The number of aromatic amines is 1. The molecule has 0 atom stereocenters. The van der Waals surface area contributed by atoms with Crippen LogP contribution in [-0.4, -0.2) is 23.4 Å². The first-order valence-corrected chi connectivity index (χ1v) is 6.90. The second-order valence-corrected chi connectivity index (χ2v) is 5.85. The summed E-state index contributed by atoms with van der Waals surface area (Å²) in [6.45, 7) is 1.85. The highest BCUT2D eigenvalue weighted by Crippen LogP contribution is 2.19. The average molecular weight is 317 g/mol. The first-order valence-electron chi connectivity index (χ1n) is 4.62. The van der Waals surface area contributed by atoms with Crippen molar-refractivity contribution >= 4 is 31.8 Å². The molecule has 17 heavy (non-hydrogen) atoms. The molecular weight excluding hydrogens is 308 g/mol. The quantitative estimate of drug-likeness (QED) is 0.901. The van der Waals surface area contributed by atoms with Crippen LogP contribution in [0.4, 0.5) is 5.82 Å². The standard InChI is InChI=1S/C9H9BrN4O2S/c1-6-2-8(12-3-7(6)10)14-17(15,16)9-4-11-5-13-9/h2-5H,1H3,(H,11,13)(H,12,14). The van der Waals surface area contributed by atoms with Crippen molar-refractivity contribution in [1.29, 1.82) is 0 Å². The molecule has 0 amide bonds. The monoisotopic (exact) mass is 316 g/mol. The lowest BCUT2D eigenvalue weighted by Crippen LogP contribution is -2.14. The lowest BCUT2D eigenvalue weighted by atomic mass is 10.3. The number of hydrogen-bond acceptors (Lipinski definition) is 4. The minimum atomic E-state index is -3.65.